The van der Waals surface area contributed by atoms with Gasteiger partial charge in [-0.2, -0.15) is 0 Å². The summed E-state index contributed by atoms with van der Waals surface area (Å²) in [6.45, 7) is 7.78. The molecular formula is C20H19NO3. The summed E-state index contributed by atoms with van der Waals surface area (Å²) in [7, 11) is 0. The summed E-state index contributed by atoms with van der Waals surface area (Å²) in [5.41, 5.74) is 5.22. The number of hydrogen-bond acceptors (Lipinski definition) is 3. The van der Waals surface area contributed by atoms with E-state index in [0.29, 0.717) is 11.3 Å². The van der Waals surface area contributed by atoms with Crippen molar-refractivity contribution in [2.45, 2.75) is 27.7 Å². The number of carbonyl (C=O) groups excluding carboxylic acids is 2. The maximum atomic E-state index is 12.8. The molecule has 24 heavy (non-hydrogen) atoms. The van der Waals surface area contributed by atoms with E-state index in [1.807, 2.05) is 45.9 Å². The quantitative estimate of drug-likeness (QED) is 0.857. The number of aliphatic hydroxyl groups is 1. The van der Waals surface area contributed by atoms with Gasteiger partial charge in [0.05, 0.1) is 11.3 Å². The predicted octanol–water partition coefficient (Wildman–Crippen LogP) is 3.76. The van der Waals surface area contributed by atoms with Crippen LogP contribution in [0.25, 0.3) is 5.57 Å². The molecule has 4 heteroatoms. The second kappa shape index (κ2) is 5.64. The molecule has 0 spiro atoms. The first-order valence-electron chi connectivity index (χ1n) is 7.78. The minimum absolute atomic E-state index is 0.0568. The summed E-state index contributed by atoms with van der Waals surface area (Å²) in [5.74, 6) is -1.68. The third-order valence-corrected chi connectivity index (χ3v) is 4.60. The number of carbonyl (C=O) groups is 2. The molecule has 0 saturated heterocycles. The number of imide groups is 1. The van der Waals surface area contributed by atoms with Crippen LogP contribution in [0.15, 0.2) is 42.2 Å². The van der Waals surface area contributed by atoms with E-state index in [1.54, 1.807) is 18.2 Å². The Morgan fingerprint density at radius 2 is 1.33 bits per heavy atom. The Bertz CT molecular complexity index is 909. The van der Waals surface area contributed by atoms with E-state index in [4.69, 9.17) is 0 Å². The van der Waals surface area contributed by atoms with Crippen molar-refractivity contribution in [1.29, 1.82) is 0 Å². The first kappa shape index (κ1) is 16.0. The molecule has 3 rings (SSSR count). The van der Waals surface area contributed by atoms with Gasteiger partial charge < -0.3 is 5.11 Å². The standard InChI is InChI=1S/C20H19NO3/c1-11-5-7-15(9-13(11)3)17-18(22)20(24)21(19(17)23)16-8-6-12(2)14(4)10-16/h5-10,22H,1-4H3. The Labute approximate surface area is 141 Å². The lowest BCUT2D eigenvalue weighted by Gasteiger charge is -2.16. The highest BCUT2D eigenvalue weighted by Gasteiger charge is 2.40. The molecule has 0 fully saturated rings. The number of hydrogen-bond donors (Lipinski definition) is 1. The molecule has 1 aliphatic rings. The normalized spacial score (nSPS) is 14.8. The van der Waals surface area contributed by atoms with Crippen molar-refractivity contribution in [3.05, 3.63) is 70.0 Å². The number of benzene rings is 2. The van der Waals surface area contributed by atoms with Crippen molar-refractivity contribution < 1.29 is 14.7 Å². The number of amides is 2. The van der Waals surface area contributed by atoms with Gasteiger partial charge in [-0.15, -0.1) is 0 Å². The first-order valence-corrected chi connectivity index (χ1v) is 7.78. The van der Waals surface area contributed by atoms with E-state index < -0.39 is 17.6 Å². The van der Waals surface area contributed by atoms with Crippen LogP contribution in [0.1, 0.15) is 27.8 Å². The number of rotatable bonds is 2. The molecule has 0 aliphatic carbocycles. The molecule has 1 N–H and O–H groups in total. The average Bonchev–Trinajstić information content (AvgIpc) is 2.75. The van der Waals surface area contributed by atoms with E-state index in [-0.39, 0.29) is 5.57 Å². The minimum Gasteiger partial charge on any atom is -0.502 e. The van der Waals surface area contributed by atoms with Gasteiger partial charge in [0.1, 0.15) is 0 Å². The van der Waals surface area contributed by atoms with Crippen LogP contribution in [0.5, 0.6) is 0 Å². The number of aryl methyl sites for hydroxylation is 4. The van der Waals surface area contributed by atoms with E-state index in [1.165, 1.54) is 0 Å². The Morgan fingerprint density at radius 1 is 0.750 bits per heavy atom. The van der Waals surface area contributed by atoms with E-state index >= 15 is 0 Å². The maximum Gasteiger partial charge on any atom is 0.301 e. The van der Waals surface area contributed by atoms with Crippen molar-refractivity contribution in [2.24, 2.45) is 0 Å². The molecule has 2 aromatic carbocycles. The number of anilines is 1. The lowest BCUT2D eigenvalue weighted by atomic mass is 10.00. The molecule has 0 radical (unpaired) electrons. The van der Waals surface area contributed by atoms with E-state index in [0.717, 1.165) is 27.2 Å². The zero-order valence-electron chi connectivity index (χ0n) is 14.2. The molecule has 4 nitrogen and oxygen atoms in total. The highest BCUT2D eigenvalue weighted by molar-refractivity contribution is 6.44. The number of nitrogens with zero attached hydrogens (tertiary/aromatic N) is 1. The van der Waals surface area contributed by atoms with Crippen molar-refractivity contribution in [2.75, 3.05) is 4.90 Å². The van der Waals surface area contributed by atoms with E-state index in [2.05, 4.69) is 0 Å². The van der Waals surface area contributed by atoms with Gasteiger partial charge in [-0.1, -0.05) is 24.3 Å². The second-order valence-electron chi connectivity index (χ2n) is 6.24. The van der Waals surface area contributed by atoms with Crippen molar-refractivity contribution in [1.82, 2.24) is 0 Å². The maximum absolute atomic E-state index is 12.8. The summed E-state index contributed by atoms with van der Waals surface area (Å²) >= 11 is 0. The zero-order chi connectivity index (χ0) is 17.6. The molecule has 0 aromatic heterocycles. The molecule has 0 bridgehead atoms. The fourth-order valence-corrected chi connectivity index (χ4v) is 2.77. The van der Waals surface area contributed by atoms with Crippen molar-refractivity contribution in [3.63, 3.8) is 0 Å². The van der Waals surface area contributed by atoms with Gasteiger partial charge in [-0.25, -0.2) is 4.90 Å². The largest absolute Gasteiger partial charge is 0.502 e. The predicted molar refractivity (Wildman–Crippen MR) is 93.9 cm³/mol. The third kappa shape index (κ3) is 2.40. The first-order chi connectivity index (χ1) is 11.3. The molecule has 2 aromatic rings. The molecule has 1 heterocycles. The Hall–Kier alpha value is -2.88. The van der Waals surface area contributed by atoms with Crippen LogP contribution >= 0.6 is 0 Å². The van der Waals surface area contributed by atoms with Crippen molar-refractivity contribution in [3.8, 4) is 0 Å². The van der Waals surface area contributed by atoms with Crippen LogP contribution < -0.4 is 4.90 Å². The second-order valence-corrected chi connectivity index (χ2v) is 6.24. The molecule has 0 atom stereocenters. The van der Waals surface area contributed by atoms with Crippen LogP contribution in [0.3, 0.4) is 0 Å². The van der Waals surface area contributed by atoms with Crippen LogP contribution in [-0.2, 0) is 9.59 Å². The third-order valence-electron chi connectivity index (χ3n) is 4.60. The van der Waals surface area contributed by atoms with Gasteiger partial charge in [-0.3, -0.25) is 9.59 Å². The molecule has 0 unspecified atom stereocenters. The Kier molecular flexibility index (Phi) is 3.76. The molecule has 122 valence electrons. The van der Waals surface area contributed by atoms with Crippen LogP contribution in [0, 0.1) is 27.7 Å². The lowest BCUT2D eigenvalue weighted by molar-refractivity contribution is -0.121. The van der Waals surface area contributed by atoms with Gasteiger partial charge in [0.25, 0.3) is 5.91 Å². The van der Waals surface area contributed by atoms with Gasteiger partial charge in [0.2, 0.25) is 0 Å². The van der Waals surface area contributed by atoms with Crippen LogP contribution in [0.2, 0.25) is 0 Å². The fraction of sp³-hybridized carbons (Fsp3) is 0.200. The van der Waals surface area contributed by atoms with Gasteiger partial charge in [0, 0.05) is 0 Å². The summed E-state index contributed by atoms with van der Waals surface area (Å²) in [6, 6.07) is 10.8. The van der Waals surface area contributed by atoms with Gasteiger partial charge in [-0.05, 0) is 67.6 Å². The van der Waals surface area contributed by atoms with Crippen LogP contribution in [-0.4, -0.2) is 16.9 Å². The minimum atomic E-state index is -0.684. The highest BCUT2D eigenvalue weighted by atomic mass is 16.3. The summed E-state index contributed by atoms with van der Waals surface area (Å²) in [4.78, 5) is 26.3. The molecular weight excluding hydrogens is 302 g/mol. The SMILES string of the molecule is Cc1ccc(C2=C(O)C(=O)N(c3ccc(C)c(C)c3)C2=O)cc1C. The monoisotopic (exact) mass is 321 g/mol. The summed E-state index contributed by atoms with van der Waals surface area (Å²) in [6.07, 6.45) is 0. The smallest absolute Gasteiger partial charge is 0.301 e. The Balaban J connectivity index is 2.07. The summed E-state index contributed by atoms with van der Waals surface area (Å²) < 4.78 is 0. The highest BCUT2D eigenvalue weighted by Crippen LogP contribution is 2.33. The number of aliphatic hydroxyl groups excluding tert-OH is 1. The van der Waals surface area contributed by atoms with E-state index in [9.17, 15) is 14.7 Å². The zero-order valence-corrected chi connectivity index (χ0v) is 14.2. The molecule has 2 amide bonds. The van der Waals surface area contributed by atoms with Crippen LogP contribution in [0.4, 0.5) is 5.69 Å². The Morgan fingerprint density at radius 3 is 1.92 bits per heavy atom. The molecule has 0 saturated carbocycles. The van der Waals surface area contributed by atoms with Crippen molar-refractivity contribution >= 4 is 23.1 Å². The molecule has 1 aliphatic heterocycles. The van der Waals surface area contributed by atoms with Gasteiger partial charge >= 0.3 is 5.91 Å². The average molecular weight is 321 g/mol. The summed E-state index contributed by atoms with van der Waals surface area (Å²) in [5, 5.41) is 10.3. The topological polar surface area (TPSA) is 57.6 Å². The van der Waals surface area contributed by atoms with Gasteiger partial charge in [0.15, 0.2) is 5.76 Å². The fourth-order valence-electron chi connectivity index (χ4n) is 2.77. The lowest BCUT2D eigenvalue weighted by Crippen LogP contribution is -2.31.